The molecule has 1 amide bonds. The molecule has 0 radical (unpaired) electrons. The molecule has 2 aromatic carbocycles. The van der Waals surface area contributed by atoms with Crippen molar-refractivity contribution in [2.24, 2.45) is 0 Å². The lowest BCUT2D eigenvalue weighted by Crippen LogP contribution is -2.45. The van der Waals surface area contributed by atoms with Crippen molar-refractivity contribution < 1.29 is 24.5 Å². The number of aliphatic hydroxyl groups is 2. The third-order valence-corrected chi connectivity index (χ3v) is 7.83. The smallest absolute Gasteiger partial charge is 0.257 e. The van der Waals surface area contributed by atoms with Gasteiger partial charge >= 0.3 is 0 Å². The molecule has 2 N–H and O–H groups in total. The van der Waals surface area contributed by atoms with Crippen LogP contribution in [0.25, 0.3) is 0 Å². The van der Waals surface area contributed by atoms with Crippen LogP contribution in [0.1, 0.15) is 55.1 Å². The molecule has 0 bridgehead atoms. The zero-order chi connectivity index (χ0) is 27.6. The number of hydrogen-bond acceptors (Lipinski definition) is 7. The summed E-state index contributed by atoms with van der Waals surface area (Å²) in [6.07, 6.45) is 2.00. The number of benzene rings is 2. The number of ether oxygens (including phenoxy) is 2. The minimum Gasteiger partial charge on any atom is -0.490 e. The van der Waals surface area contributed by atoms with E-state index in [1.165, 1.54) is 11.1 Å². The van der Waals surface area contributed by atoms with Gasteiger partial charge in [-0.15, -0.1) is 0 Å². The van der Waals surface area contributed by atoms with Gasteiger partial charge in [0.15, 0.2) is 0 Å². The van der Waals surface area contributed by atoms with E-state index in [0.29, 0.717) is 36.7 Å². The van der Waals surface area contributed by atoms with E-state index in [-0.39, 0.29) is 24.7 Å². The van der Waals surface area contributed by atoms with E-state index in [9.17, 15) is 15.0 Å². The van der Waals surface area contributed by atoms with Crippen LogP contribution in [0.4, 0.5) is 0 Å². The lowest BCUT2D eigenvalue weighted by atomic mass is 10.00. The normalized spacial score (nSPS) is 22.0. The van der Waals surface area contributed by atoms with Crippen LogP contribution in [-0.4, -0.2) is 101 Å². The highest BCUT2D eigenvalue weighted by Gasteiger charge is 2.30. The van der Waals surface area contributed by atoms with Gasteiger partial charge in [0.2, 0.25) is 0 Å². The maximum atomic E-state index is 13.5. The quantitative estimate of drug-likeness (QED) is 0.536. The highest BCUT2D eigenvalue weighted by atomic mass is 16.5. The van der Waals surface area contributed by atoms with Crippen LogP contribution >= 0.6 is 0 Å². The molecule has 0 saturated carbocycles. The van der Waals surface area contributed by atoms with Gasteiger partial charge < -0.3 is 29.5 Å². The lowest BCUT2D eigenvalue weighted by molar-refractivity contribution is 0.0140. The van der Waals surface area contributed by atoms with E-state index >= 15 is 0 Å². The molecule has 0 unspecified atom stereocenters. The van der Waals surface area contributed by atoms with Crippen molar-refractivity contribution in [1.29, 1.82) is 0 Å². The number of β-amino-alcohol motifs (C(OH)–C–C–N with tert-alkyl or cyclic N) is 2. The second-order valence-electron chi connectivity index (χ2n) is 12.1. The molecular weight excluding hydrogens is 494 g/mol. The van der Waals surface area contributed by atoms with Gasteiger partial charge in [-0.3, -0.25) is 9.69 Å². The molecule has 212 valence electrons. The highest BCUT2D eigenvalue weighted by molar-refractivity contribution is 5.97. The average Bonchev–Trinajstić information content (AvgIpc) is 2.99. The summed E-state index contributed by atoms with van der Waals surface area (Å²) in [5.74, 6) is 1.12. The number of aliphatic hydroxyl groups excluding tert-OH is 1. The molecule has 3 heterocycles. The van der Waals surface area contributed by atoms with E-state index in [4.69, 9.17) is 9.47 Å². The Labute approximate surface area is 232 Å². The monoisotopic (exact) mass is 537 g/mol. The van der Waals surface area contributed by atoms with Crippen molar-refractivity contribution in [3.8, 4) is 11.5 Å². The Balaban J connectivity index is 1.17. The Kier molecular flexibility index (Phi) is 8.47. The van der Waals surface area contributed by atoms with Gasteiger partial charge in [0.05, 0.1) is 23.8 Å². The predicted molar refractivity (Wildman–Crippen MR) is 150 cm³/mol. The number of carbonyl (C=O) groups excluding carboxylic acids is 1. The Morgan fingerprint density at radius 2 is 1.79 bits per heavy atom. The van der Waals surface area contributed by atoms with E-state index < -0.39 is 11.7 Å². The van der Waals surface area contributed by atoms with Gasteiger partial charge in [0.1, 0.15) is 23.7 Å². The molecule has 0 aliphatic carbocycles. The Morgan fingerprint density at radius 3 is 2.54 bits per heavy atom. The number of likely N-dealkylation sites (tertiary alicyclic amines) is 1. The number of carbonyl (C=O) groups is 1. The van der Waals surface area contributed by atoms with Gasteiger partial charge in [-0.1, -0.05) is 24.3 Å². The van der Waals surface area contributed by atoms with Gasteiger partial charge in [-0.25, -0.2) is 0 Å². The molecule has 8 heteroatoms. The minimum atomic E-state index is -0.699. The molecule has 0 aromatic heterocycles. The van der Waals surface area contributed by atoms with Crippen LogP contribution in [0.15, 0.2) is 42.5 Å². The zero-order valence-corrected chi connectivity index (χ0v) is 23.5. The molecule has 2 aromatic rings. The topological polar surface area (TPSA) is 85.7 Å². The fourth-order valence-corrected chi connectivity index (χ4v) is 6.07. The first kappa shape index (κ1) is 27.9. The first-order valence-corrected chi connectivity index (χ1v) is 14.3. The van der Waals surface area contributed by atoms with Crippen LogP contribution in [-0.2, 0) is 13.0 Å². The maximum absolute atomic E-state index is 13.5. The predicted octanol–water partition coefficient (Wildman–Crippen LogP) is 2.94. The maximum Gasteiger partial charge on any atom is 0.257 e. The van der Waals surface area contributed by atoms with E-state index in [1.807, 2.05) is 32.9 Å². The molecule has 8 nitrogen and oxygen atoms in total. The third-order valence-electron chi connectivity index (χ3n) is 7.83. The number of piperidine rings is 1. The van der Waals surface area contributed by atoms with Crippen LogP contribution in [0, 0.1) is 0 Å². The van der Waals surface area contributed by atoms with Gasteiger partial charge in [-0.2, -0.15) is 0 Å². The highest BCUT2D eigenvalue weighted by Crippen LogP contribution is 2.31. The van der Waals surface area contributed by atoms with Crippen LogP contribution in [0.2, 0.25) is 0 Å². The van der Waals surface area contributed by atoms with Crippen LogP contribution in [0.3, 0.4) is 0 Å². The second kappa shape index (κ2) is 11.8. The molecule has 3 aliphatic rings. The van der Waals surface area contributed by atoms with Gasteiger partial charge in [0.25, 0.3) is 5.91 Å². The zero-order valence-electron chi connectivity index (χ0n) is 23.5. The molecule has 1 fully saturated rings. The Hall–Kier alpha value is -2.65. The van der Waals surface area contributed by atoms with Crippen molar-refractivity contribution in [2.45, 2.75) is 70.5 Å². The molecule has 39 heavy (non-hydrogen) atoms. The van der Waals surface area contributed by atoms with Crippen molar-refractivity contribution >= 4 is 5.91 Å². The van der Waals surface area contributed by atoms with Crippen LogP contribution < -0.4 is 9.47 Å². The SMILES string of the molecule is C[C@@H]1CN(C[C@H](O)CN2CCc3ccccc3C2)C(=O)c2ccc(OC3CCN(CC(C)(C)O)CC3)cc2O1. The second-order valence-corrected chi connectivity index (χ2v) is 12.1. The first-order valence-electron chi connectivity index (χ1n) is 14.3. The van der Waals surface area contributed by atoms with E-state index in [0.717, 1.165) is 45.4 Å². The van der Waals surface area contributed by atoms with Gasteiger partial charge in [-0.05, 0) is 63.3 Å². The minimum absolute atomic E-state index is 0.0911. The summed E-state index contributed by atoms with van der Waals surface area (Å²) in [6.45, 7) is 11.0. The van der Waals surface area contributed by atoms with Crippen molar-refractivity contribution in [1.82, 2.24) is 14.7 Å². The standard InChI is InChI=1S/C31H43N3O5/c1-22-17-34(20-25(35)19-33-13-10-23-6-4-5-7-24(23)18-33)30(36)28-9-8-27(16-29(28)38-22)39-26-11-14-32(15-12-26)21-31(2,3)37/h4-9,16,22,25-26,35,37H,10-15,17-21H2,1-3H3/t22-,25-/m1/s1. The molecule has 0 spiro atoms. The van der Waals surface area contributed by atoms with Crippen molar-refractivity contribution in [2.75, 3.05) is 45.8 Å². The molecule has 2 atom stereocenters. The number of rotatable bonds is 8. The summed E-state index contributed by atoms with van der Waals surface area (Å²) in [4.78, 5) is 19.7. The summed E-state index contributed by atoms with van der Waals surface area (Å²) in [7, 11) is 0. The lowest BCUT2D eigenvalue weighted by Gasteiger charge is -2.35. The largest absolute Gasteiger partial charge is 0.490 e. The number of amides is 1. The first-order chi connectivity index (χ1) is 18.6. The van der Waals surface area contributed by atoms with Gasteiger partial charge in [0, 0.05) is 51.9 Å². The number of hydrogen-bond donors (Lipinski definition) is 2. The van der Waals surface area contributed by atoms with Crippen molar-refractivity contribution in [3.63, 3.8) is 0 Å². The number of fused-ring (bicyclic) bond motifs is 2. The van der Waals surface area contributed by atoms with Crippen LogP contribution in [0.5, 0.6) is 11.5 Å². The van der Waals surface area contributed by atoms with E-state index in [1.54, 1.807) is 11.0 Å². The average molecular weight is 538 g/mol. The fourth-order valence-electron chi connectivity index (χ4n) is 6.07. The summed E-state index contributed by atoms with van der Waals surface area (Å²) in [5, 5.41) is 21.0. The fraction of sp³-hybridized carbons (Fsp3) is 0.581. The summed E-state index contributed by atoms with van der Waals surface area (Å²) in [6, 6.07) is 13.9. The van der Waals surface area contributed by atoms with Crippen molar-refractivity contribution in [3.05, 3.63) is 59.2 Å². The molecule has 3 aliphatic heterocycles. The Bertz CT molecular complexity index is 1140. The summed E-state index contributed by atoms with van der Waals surface area (Å²) < 4.78 is 12.4. The van der Waals surface area contributed by atoms with E-state index in [2.05, 4.69) is 34.1 Å². The summed E-state index contributed by atoms with van der Waals surface area (Å²) in [5.41, 5.74) is 2.50. The molecule has 1 saturated heterocycles. The molecular formula is C31H43N3O5. The number of nitrogens with zero attached hydrogens (tertiary/aromatic N) is 3. The summed E-state index contributed by atoms with van der Waals surface area (Å²) >= 11 is 0. The third kappa shape index (κ3) is 7.31. The Morgan fingerprint density at radius 1 is 1.05 bits per heavy atom. The molecule has 5 rings (SSSR count).